The Labute approximate surface area is 159 Å². The quantitative estimate of drug-likeness (QED) is 0.500. The molecule has 0 atom stereocenters. The lowest BCUT2D eigenvalue weighted by molar-refractivity contribution is 0.574. The van der Waals surface area contributed by atoms with Gasteiger partial charge in [-0.05, 0) is 29.7 Å². The van der Waals surface area contributed by atoms with Gasteiger partial charge in [0.05, 0.1) is 10.6 Å². The summed E-state index contributed by atoms with van der Waals surface area (Å²) in [4.78, 5) is 3.68. The van der Waals surface area contributed by atoms with Gasteiger partial charge in [-0.3, -0.25) is 4.72 Å². The monoisotopic (exact) mass is 378 g/mol. The van der Waals surface area contributed by atoms with Gasteiger partial charge in [0.1, 0.15) is 0 Å². The SMILES string of the molecule is CC(C)(C)c1cc2c(NS(=O)(=O)c3cccc4ccccc34)cccc2[nH]1. The molecule has 0 radical (unpaired) electrons. The third kappa shape index (κ3) is 3.19. The molecule has 1 aromatic heterocycles. The maximum atomic E-state index is 13.1. The van der Waals surface area contributed by atoms with E-state index in [2.05, 4.69) is 30.5 Å². The summed E-state index contributed by atoms with van der Waals surface area (Å²) in [5, 5.41) is 2.48. The number of benzene rings is 3. The van der Waals surface area contributed by atoms with Crippen LogP contribution in [-0.2, 0) is 15.4 Å². The highest BCUT2D eigenvalue weighted by atomic mass is 32.2. The minimum atomic E-state index is -3.72. The number of hydrogen-bond donors (Lipinski definition) is 2. The van der Waals surface area contributed by atoms with Crippen LogP contribution in [0.25, 0.3) is 21.7 Å². The van der Waals surface area contributed by atoms with Crippen molar-refractivity contribution in [2.24, 2.45) is 0 Å². The van der Waals surface area contributed by atoms with Gasteiger partial charge in [0.25, 0.3) is 10.0 Å². The van der Waals surface area contributed by atoms with Crippen LogP contribution in [0.3, 0.4) is 0 Å². The van der Waals surface area contributed by atoms with E-state index >= 15 is 0 Å². The first-order chi connectivity index (χ1) is 12.8. The van der Waals surface area contributed by atoms with Crippen LogP contribution in [0.2, 0.25) is 0 Å². The predicted molar refractivity (Wildman–Crippen MR) is 112 cm³/mol. The molecule has 0 bridgehead atoms. The standard InChI is InChI=1S/C22H22N2O2S/c1-22(2,3)21-14-17-18(23-21)11-7-12-19(17)24-27(25,26)20-13-6-9-15-8-4-5-10-16(15)20/h4-14,23-24H,1-3H3. The maximum Gasteiger partial charge on any atom is 0.262 e. The molecule has 2 N–H and O–H groups in total. The lowest BCUT2D eigenvalue weighted by Gasteiger charge is -2.15. The van der Waals surface area contributed by atoms with Crippen molar-refractivity contribution in [1.82, 2.24) is 4.98 Å². The van der Waals surface area contributed by atoms with Crippen LogP contribution < -0.4 is 4.72 Å². The second-order valence-electron chi connectivity index (χ2n) is 7.78. The molecular weight excluding hydrogens is 356 g/mol. The number of aromatic amines is 1. The van der Waals surface area contributed by atoms with Crippen molar-refractivity contribution in [3.05, 3.63) is 72.4 Å². The minimum absolute atomic E-state index is 0.0508. The van der Waals surface area contributed by atoms with Crippen LogP contribution in [0.15, 0.2) is 71.6 Å². The third-order valence-electron chi connectivity index (χ3n) is 4.76. The largest absolute Gasteiger partial charge is 0.358 e. The number of fused-ring (bicyclic) bond motifs is 2. The van der Waals surface area contributed by atoms with Gasteiger partial charge >= 0.3 is 0 Å². The maximum absolute atomic E-state index is 13.1. The number of anilines is 1. The lowest BCUT2D eigenvalue weighted by Crippen LogP contribution is -2.13. The van der Waals surface area contributed by atoms with E-state index in [1.165, 1.54) is 0 Å². The molecule has 0 saturated carbocycles. The van der Waals surface area contributed by atoms with E-state index in [4.69, 9.17) is 0 Å². The van der Waals surface area contributed by atoms with E-state index in [9.17, 15) is 8.42 Å². The first-order valence-electron chi connectivity index (χ1n) is 8.88. The second kappa shape index (κ2) is 6.13. The topological polar surface area (TPSA) is 62.0 Å². The fraction of sp³-hybridized carbons (Fsp3) is 0.182. The van der Waals surface area contributed by atoms with Crippen LogP contribution >= 0.6 is 0 Å². The molecule has 0 saturated heterocycles. The molecule has 3 aromatic carbocycles. The van der Waals surface area contributed by atoms with Gasteiger partial charge in [0.15, 0.2) is 0 Å². The zero-order valence-electron chi connectivity index (χ0n) is 15.6. The van der Waals surface area contributed by atoms with E-state index in [-0.39, 0.29) is 10.3 Å². The minimum Gasteiger partial charge on any atom is -0.358 e. The normalized spacial score (nSPS) is 12.6. The summed E-state index contributed by atoms with van der Waals surface area (Å²) >= 11 is 0. The van der Waals surface area contributed by atoms with Crippen LogP contribution in [-0.4, -0.2) is 13.4 Å². The number of aromatic nitrogens is 1. The predicted octanol–water partition coefficient (Wildman–Crippen LogP) is 5.42. The molecule has 0 fully saturated rings. The molecule has 4 rings (SSSR count). The molecule has 4 nitrogen and oxygen atoms in total. The van der Waals surface area contributed by atoms with Crippen molar-refractivity contribution in [3.63, 3.8) is 0 Å². The highest BCUT2D eigenvalue weighted by Gasteiger charge is 2.21. The fourth-order valence-electron chi connectivity index (χ4n) is 3.28. The molecule has 0 spiro atoms. The summed E-state index contributed by atoms with van der Waals surface area (Å²) in [6, 6.07) is 20.5. The molecule has 5 heteroatoms. The Balaban J connectivity index is 1.82. The van der Waals surface area contributed by atoms with Gasteiger partial charge in [-0.1, -0.05) is 63.2 Å². The summed E-state index contributed by atoms with van der Waals surface area (Å²) in [6.07, 6.45) is 0. The van der Waals surface area contributed by atoms with Crippen molar-refractivity contribution >= 4 is 37.4 Å². The summed E-state index contributed by atoms with van der Waals surface area (Å²) in [7, 11) is -3.72. The average molecular weight is 378 g/mol. The molecule has 0 amide bonds. The Morgan fingerprint density at radius 1 is 0.852 bits per heavy atom. The second-order valence-corrected chi connectivity index (χ2v) is 9.43. The van der Waals surface area contributed by atoms with Crippen molar-refractivity contribution in [2.45, 2.75) is 31.1 Å². The van der Waals surface area contributed by atoms with Crippen LogP contribution in [0.5, 0.6) is 0 Å². The smallest absolute Gasteiger partial charge is 0.262 e. The molecule has 1 heterocycles. The first kappa shape index (κ1) is 17.6. The van der Waals surface area contributed by atoms with Gasteiger partial charge in [0, 0.05) is 27.4 Å². The summed E-state index contributed by atoms with van der Waals surface area (Å²) in [5.74, 6) is 0. The van der Waals surface area contributed by atoms with E-state index < -0.39 is 10.0 Å². The van der Waals surface area contributed by atoms with Crippen molar-refractivity contribution in [1.29, 1.82) is 0 Å². The Morgan fingerprint density at radius 3 is 2.33 bits per heavy atom. The first-order valence-corrected chi connectivity index (χ1v) is 10.4. The van der Waals surface area contributed by atoms with E-state index in [0.717, 1.165) is 22.0 Å². The van der Waals surface area contributed by atoms with Crippen molar-refractivity contribution < 1.29 is 8.42 Å². The molecule has 27 heavy (non-hydrogen) atoms. The summed E-state index contributed by atoms with van der Waals surface area (Å²) in [6.45, 7) is 6.37. The number of hydrogen-bond acceptors (Lipinski definition) is 2. The zero-order valence-corrected chi connectivity index (χ0v) is 16.4. The van der Waals surface area contributed by atoms with E-state index in [0.29, 0.717) is 11.1 Å². The zero-order chi connectivity index (χ0) is 19.2. The van der Waals surface area contributed by atoms with Gasteiger partial charge in [-0.25, -0.2) is 8.42 Å². The summed E-state index contributed by atoms with van der Waals surface area (Å²) in [5.41, 5.74) is 2.50. The number of H-pyrrole nitrogens is 1. The number of sulfonamides is 1. The van der Waals surface area contributed by atoms with Gasteiger partial charge in [-0.2, -0.15) is 0 Å². The highest BCUT2D eigenvalue weighted by molar-refractivity contribution is 7.93. The fourth-order valence-corrected chi connectivity index (χ4v) is 4.59. The molecule has 0 aliphatic rings. The lowest BCUT2D eigenvalue weighted by atomic mass is 9.92. The van der Waals surface area contributed by atoms with Crippen molar-refractivity contribution in [2.75, 3.05) is 4.72 Å². The van der Waals surface area contributed by atoms with Gasteiger partial charge in [-0.15, -0.1) is 0 Å². The van der Waals surface area contributed by atoms with E-state index in [1.807, 2.05) is 48.5 Å². The molecular formula is C22H22N2O2S. The number of nitrogens with one attached hydrogen (secondary N) is 2. The summed E-state index contributed by atoms with van der Waals surface area (Å²) < 4.78 is 29.1. The van der Waals surface area contributed by atoms with Crippen LogP contribution in [0, 0.1) is 0 Å². The molecule has 0 aliphatic heterocycles. The Kier molecular flexibility index (Phi) is 4.00. The average Bonchev–Trinajstić information content (AvgIpc) is 3.07. The van der Waals surface area contributed by atoms with Gasteiger partial charge in [0.2, 0.25) is 0 Å². The van der Waals surface area contributed by atoms with Crippen molar-refractivity contribution in [3.8, 4) is 0 Å². The van der Waals surface area contributed by atoms with E-state index in [1.54, 1.807) is 18.2 Å². The Bertz CT molecular complexity index is 1240. The highest BCUT2D eigenvalue weighted by Crippen LogP contribution is 2.32. The third-order valence-corrected chi connectivity index (χ3v) is 6.18. The Morgan fingerprint density at radius 2 is 1.56 bits per heavy atom. The molecule has 0 unspecified atom stereocenters. The number of rotatable bonds is 3. The van der Waals surface area contributed by atoms with Gasteiger partial charge < -0.3 is 4.98 Å². The molecule has 4 aromatic rings. The Hall–Kier alpha value is -2.79. The van der Waals surface area contributed by atoms with Crippen LogP contribution in [0.4, 0.5) is 5.69 Å². The van der Waals surface area contributed by atoms with Crippen LogP contribution in [0.1, 0.15) is 26.5 Å². The molecule has 138 valence electrons. The molecule has 0 aliphatic carbocycles.